The lowest BCUT2D eigenvalue weighted by Crippen LogP contribution is -2.15. The van der Waals surface area contributed by atoms with Gasteiger partial charge in [0.25, 0.3) is 0 Å². The number of methoxy groups -OCH3 is 1. The van der Waals surface area contributed by atoms with Crippen LogP contribution in [0.5, 0.6) is 0 Å². The Kier molecular flexibility index (Phi) is 3.58. The summed E-state index contributed by atoms with van der Waals surface area (Å²) in [4.78, 5) is 12.2. The van der Waals surface area contributed by atoms with Crippen molar-refractivity contribution in [3.63, 3.8) is 0 Å². The standard InChI is InChI=1S/C19H20N2O3/c1-23-18(22)16-11-15-10-14(13-3-8-24-9-4-13)2-7-21(15)17(16)19(12-20)5-6-19/h2,7,10-11,13H,3-6,8-9H2,1H3. The number of aromatic nitrogens is 1. The fraction of sp³-hybridized carbons (Fsp3) is 0.474. The van der Waals surface area contributed by atoms with Crippen LogP contribution < -0.4 is 0 Å². The smallest absolute Gasteiger partial charge is 0.339 e. The number of nitriles is 1. The number of nitrogens with zero attached hydrogens (tertiary/aromatic N) is 2. The quantitative estimate of drug-likeness (QED) is 0.814. The molecule has 2 aromatic rings. The van der Waals surface area contributed by atoms with Crippen LogP contribution in [0.2, 0.25) is 0 Å². The van der Waals surface area contributed by atoms with Crippen molar-refractivity contribution in [2.24, 2.45) is 0 Å². The zero-order valence-corrected chi connectivity index (χ0v) is 13.7. The molecule has 0 radical (unpaired) electrons. The average molecular weight is 324 g/mol. The molecule has 0 unspecified atom stereocenters. The molecular weight excluding hydrogens is 304 g/mol. The average Bonchev–Trinajstić information content (AvgIpc) is 3.34. The summed E-state index contributed by atoms with van der Waals surface area (Å²) in [6.07, 6.45) is 5.63. The number of carbonyl (C=O) groups is 1. The lowest BCUT2D eigenvalue weighted by Gasteiger charge is -2.22. The van der Waals surface area contributed by atoms with Gasteiger partial charge in [0.05, 0.1) is 29.9 Å². The first kappa shape index (κ1) is 15.2. The van der Waals surface area contributed by atoms with Gasteiger partial charge in [0.1, 0.15) is 0 Å². The van der Waals surface area contributed by atoms with E-state index < -0.39 is 5.41 Å². The number of esters is 1. The molecule has 1 saturated carbocycles. The van der Waals surface area contributed by atoms with Crippen molar-refractivity contribution in [3.05, 3.63) is 41.2 Å². The molecule has 4 rings (SSSR count). The highest BCUT2D eigenvalue weighted by atomic mass is 16.5. The van der Waals surface area contributed by atoms with Gasteiger partial charge in [0.2, 0.25) is 0 Å². The predicted octanol–water partition coefficient (Wildman–Crippen LogP) is 3.18. The van der Waals surface area contributed by atoms with Crippen LogP contribution in [0.1, 0.15) is 53.2 Å². The van der Waals surface area contributed by atoms with Crippen molar-refractivity contribution in [1.82, 2.24) is 4.40 Å². The van der Waals surface area contributed by atoms with Gasteiger partial charge in [-0.25, -0.2) is 4.79 Å². The molecule has 0 N–H and O–H groups in total. The summed E-state index contributed by atoms with van der Waals surface area (Å²) in [6, 6.07) is 8.51. The number of rotatable bonds is 3. The van der Waals surface area contributed by atoms with Crippen molar-refractivity contribution in [3.8, 4) is 6.07 Å². The Hall–Kier alpha value is -2.32. The summed E-state index contributed by atoms with van der Waals surface area (Å²) in [6.45, 7) is 1.60. The highest BCUT2D eigenvalue weighted by Gasteiger charge is 2.49. The Balaban J connectivity index is 1.84. The van der Waals surface area contributed by atoms with Crippen LogP contribution >= 0.6 is 0 Å². The molecular formula is C19H20N2O3. The second-order valence-electron chi connectivity index (χ2n) is 6.73. The maximum absolute atomic E-state index is 12.2. The molecule has 3 heterocycles. The molecule has 0 aromatic carbocycles. The topological polar surface area (TPSA) is 63.7 Å². The number of ether oxygens (including phenoxy) is 2. The van der Waals surface area contributed by atoms with Crippen LogP contribution in [0.15, 0.2) is 24.4 Å². The van der Waals surface area contributed by atoms with Gasteiger partial charge in [-0.2, -0.15) is 5.26 Å². The predicted molar refractivity (Wildman–Crippen MR) is 88.1 cm³/mol. The molecule has 0 bridgehead atoms. The Morgan fingerprint density at radius 1 is 1.38 bits per heavy atom. The van der Waals surface area contributed by atoms with Crippen molar-refractivity contribution in [2.45, 2.75) is 37.0 Å². The molecule has 2 fully saturated rings. The molecule has 5 heteroatoms. The zero-order valence-electron chi connectivity index (χ0n) is 13.7. The minimum atomic E-state index is -0.546. The van der Waals surface area contributed by atoms with E-state index >= 15 is 0 Å². The fourth-order valence-corrected chi connectivity index (χ4v) is 3.76. The Bertz CT molecular complexity index is 836. The van der Waals surface area contributed by atoms with Crippen molar-refractivity contribution >= 4 is 11.5 Å². The van der Waals surface area contributed by atoms with Crippen molar-refractivity contribution < 1.29 is 14.3 Å². The second kappa shape index (κ2) is 5.64. The van der Waals surface area contributed by atoms with Crippen molar-refractivity contribution in [1.29, 1.82) is 5.26 Å². The highest BCUT2D eigenvalue weighted by molar-refractivity contribution is 5.94. The number of carbonyl (C=O) groups excluding carboxylic acids is 1. The maximum atomic E-state index is 12.2. The molecule has 0 spiro atoms. The molecule has 124 valence electrons. The number of fused-ring (bicyclic) bond motifs is 1. The van der Waals surface area contributed by atoms with E-state index in [1.807, 2.05) is 16.7 Å². The zero-order chi connectivity index (χ0) is 16.7. The summed E-state index contributed by atoms with van der Waals surface area (Å²) in [7, 11) is 1.38. The summed E-state index contributed by atoms with van der Waals surface area (Å²) in [5, 5.41) is 9.60. The van der Waals surface area contributed by atoms with Gasteiger partial charge in [-0.15, -0.1) is 0 Å². The first-order valence-corrected chi connectivity index (χ1v) is 8.41. The first-order chi connectivity index (χ1) is 11.7. The fourth-order valence-electron chi connectivity index (χ4n) is 3.76. The SMILES string of the molecule is COC(=O)c1cc2cc(C3CCOCC3)ccn2c1C1(C#N)CC1. The van der Waals surface area contributed by atoms with Crippen LogP contribution in [-0.2, 0) is 14.9 Å². The van der Waals surface area contributed by atoms with Gasteiger partial charge in [0.15, 0.2) is 0 Å². The van der Waals surface area contributed by atoms with Gasteiger partial charge < -0.3 is 13.9 Å². The molecule has 1 saturated heterocycles. The summed E-state index contributed by atoms with van der Waals surface area (Å²) < 4.78 is 12.4. The second-order valence-corrected chi connectivity index (χ2v) is 6.73. The third-order valence-electron chi connectivity index (χ3n) is 5.31. The summed E-state index contributed by atoms with van der Waals surface area (Å²) in [5.74, 6) is 0.123. The molecule has 2 aromatic heterocycles. The summed E-state index contributed by atoms with van der Waals surface area (Å²) in [5.41, 5.74) is 2.98. The number of hydrogen-bond acceptors (Lipinski definition) is 4. The van der Waals surface area contributed by atoms with E-state index in [0.717, 1.165) is 50.1 Å². The normalized spacial score (nSPS) is 19.8. The Morgan fingerprint density at radius 2 is 2.12 bits per heavy atom. The third kappa shape index (κ3) is 2.30. The minimum Gasteiger partial charge on any atom is -0.465 e. The lowest BCUT2D eigenvalue weighted by atomic mass is 9.92. The maximum Gasteiger partial charge on any atom is 0.339 e. The van der Waals surface area contributed by atoms with Gasteiger partial charge in [-0.1, -0.05) is 0 Å². The molecule has 24 heavy (non-hydrogen) atoms. The summed E-state index contributed by atoms with van der Waals surface area (Å²) >= 11 is 0. The van der Waals surface area contributed by atoms with Crippen LogP contribution in [0.4, 0.5) is 0 Å². The van der Waals surface area contributed by atoms with Crippen molar-refractivity contribution in [2.75, 3.05) is 20.3 Å². The Labute approximate surface area is 140 Å². The van der Waals surface area contributed by atoms with E-state index in [9.17, 15) is 10.1 Å². The van der Waals surface area contributed by atoms with E-state index in [1.165, 1.54) is 12.7 Å². The first-order valence-electron chi connectivity index (χ1n) is 8.41. The molecule has 0 atom stereocenters. The molecule has 5 nitrogen and oxygen atoms in total. The molecule has 1 aliphatic carbocycles. The number of hydrogen-bond donors (Lipinski definition) is 0. The minimum absolute atomic E-state index is 0.372. The lowest BCUT2D eigenvalue weighted by molar-refractivity contribution is 0.0599. The monoisotopic (exact) mass is 324 g/mol. The van der Waals surface area contributed by atoms with E-state index in [4.69, 9.17) is 9.47 Å². The molecule has 2 aliphatic rings. The Morgan fingerprint density at radius 3 is 2.75 bits per heavy atom. The van der Waals surface area contributed by atoms with E-state index in [-0.39, 0.29) is 5.97 Å². The molecule has 0 amide bonds. The number of pyridine rings is 1. The van der Waals surface area contributed by atoms with Crippen LogP contribution in [0.3, 0.4) is 0 Å². The van der Waals surface area contributed by atoms with E-state index in [1.54, 1.807) is 0 Å². The van der Waals surface area contributed by atoms with Crippen LogP contribution in [0.25, 0.3) is 5.52 Å². The highest BCUT2D eigenvalue weighted by Crippen LogP contribution is 2.49. The van der Waals surface area contributed by atoms with E-state index in [0.29, 0.717) is 11.5 Å². The van der Waals surface area contributed by atoms with Gasteiger partial charge >= 0.3 is 5.97 Å². The largest absolute Gasteiger partial charge is 0.465 e. The third-order valence-corrected chi connectivity index (χ3v) is 5.31. The van der Waals surface area contributed by atoms with Gasteiger partial charge in [-0.3, -0.25) is 0 Å². The van der Waals surface area contributed by atoms with Crippen LogP contribution in [-0.4, -0.2) is 30.7 Å². The van der Waals surface area contributed by atoms with Gasteiger partial charge in [-0.05, 0) is 55.4 Å². The van der Waals surface area contributed by atoms with Crippen LogP contribution in [0, 0.1) is 11.3 Å². The molecule has 1 aliphatic heterocycles. The van der Waals surface area contributed by atoms with E-state index in [2.05, 4.69) is 18.2 Å². The van der Waals surface area contributed by atoms with Gasteiger partial charge in [0, 0.05) is 24.9 Å².